The highest BCUT2D eigenvalue weighted by atomic mass is 32.2. The van der Waals surface area contributed by atoms with E-state index < -0.39 is 21.9 Å². The second-order valence-corrected chi connectivity index (χ2v) is 9.38. The number of likely N-dealkylation sites (tertiary alicyclic amines) is 1. The van der Waals surface area contributed by atoms with Crippen LogP contribution >= 0.6 is 0 Å². The molecule has 0 saturated carbocycles. The number of imidazole rings is 1. The van der Waals surface area contributed by atoms with Crippen molar-refractivity contribution in [2.45, 2.75) is 36.7 Å². The van der Waals surface area contributed by atoms with Gasteiger partial charge in [0.1, 0.15) is 5.82 Å². The Morgan fingerprint density at radius 3 is 2.45 bits per heavy atom. The first-order valence-electron chi connectivity index (χ1n) is 10.0. The maximum atomic E-state index is 13.1. The number of halogens is 1. The van der Waals surface area contributed by atoms with Crippen LogP contribution in [0.25, 0.3) is 11.0 Å². The predicted molar refractivity (Wildman–Crippen MR) is 114 cm³/mol. The van der Waals surface area contributed by atoms with Gasteiger partial charge in [0, 0.05) is 19.1 Å². The molecule has 1 aliphatic heterocycles. The molecule has 1 fully saturated rings. The summed E-state index contributed by atoms with van der Waals surface area (Å²) in [6.07, 6.45) is 1.18. The maximum absolute atomic E-state index is 13.1. The third kappa shape index (κ3) is 4.26. The van der Waals surface area contributed by atoms with Crippen molar-refractivity contribution < 1.29 is 17.6 Å². The van der Waals surface area contributed by atoms with Gasteiger partial charge in [0.05, 0.1) is 22.0 Å². The fraction of sp³-hybridized carbons (Fsp3) is 0.333. The van der Waals surface area contributed by atoms with Crippen molar-refractivity contribution in [3.63, 3.8) is 0 Å². The summed E-state index contributed by atoms with van der Waals surface area (Å²) in [5.74, 6) is -0.879. The van der Waals surface area contributed by atoms with E-state index in [2.05, 4.69) is 9.71 Å². The minimum Gasteiger partial charge on any atom is -0.341 e. The van der Waals surface area contributed by atoms with Gasteiger partial charge in [-0.15, -0.1) is 0 Å². The lowest BCUT2D eigenvalue weighted by Gasteiger charge is -2.34. The number of nitrogens with one attached hydrogen (secondary N) is 2. The first-order chi connectivity index (χ1) is 14.8. The first-order valence-corrected chi connectivity index (χ1v) is 11.5. The zero-order valence-electron chi connectivity index (χ0n) is 16.9. The summed E-state index contributed by atoms with van der Waals surface area (Å²) < 4.78 is 42.1. The molecule has 1 aromatic heterocycles. The van der Waals surface area contributed by atoms with Gasteiger partial charge >= 0.3 is 5.69 Å². The van der Waals surface area contributed by atoms with Crippen LogP contribution < -0.4 is 10.4 Å². The lowest BCUT2D eigenvalue weighted by atomic mass is 10.0. The minimum absolute atomic E-state index is 0.0427. The highest BCUT2D eigenvalue weighted by Crippen LogP contribution is 2.25. The van der Waals surface area contributed by atoms with Crippen LogP contribution in [0.5, 0.6) is 0 Å². The van der Waals surface area contributed by atoms with Crippen molar-refractivity contribution in [2.75, 3.05) is 13.1 Å². The third-order valence-corrected chi connectivity index (χ3v) is 7.15. The Kier molecular flexibility index (Phi) is 5.67. The molecule has 2 heterocycles. The van der Waals surface area contributed by atoms with Gasteiger partial charge in [0.15, 0.2) is 0 Å². The van der Waals surface area contributed by atoms with Gasteiger partial charge < -0.3 is 9.88 Å². The van der Waals surface area contributed by atoms with Crippen LogP contribution in [-0.4, -0.2) is 47.9 Å². The van der Waals surface area contributed by atoms with Crippen molar-refractivity contribution in [3.8, 4) is 0 Å². The largest absolute Gasteiger partial charge is 0.341 e. The quantitative estimate of drug-likeness (QED) is 0.626. The van der Waals surface area contributed by atoms with Crippen LogP contribution in [0.15, 0.2) is 58.2 Å². The predicted octanol–water partition coefficient (Wildman–Crippen LogP) is 2.00. The molecule has 0 aliphatic carbocycles. The first kappa shape index (κ1) is 21.3. The molecule has 4 rings (SSSR count). The molecule has 1 atom stereocenters. The summed E-state index contributed by atoms with van der Waals surface area (Å²) in [7, 11) is -3.95. The lowest BCUT2D eigenvalue weighted by Crippen LogP contribution is -2.49. The molecule has 2 aromatic carbocycles. The SMILES string of the molecule is C[C@@H](NS(=O)(=O)c1ccc(F)cc1)C(=O)N1CCC(n2c(=O)[nH]c3ccccc32)CC1. The molecule has 0 unspecified atom stereocenters. The van der Waals surface area contributed by atoms with E-state index >= 15 is 0 Å². The fourth-order valence-electron chi connectivity index (χ4n) is 4.02. The molecule has 3 aromatic rings. The van der Waals surface area contributed by atoms with Gasteiger partial charge in [0.2, 0.25) is 15.9 Å². The molecule has 10 heteroatoms. The topological polar surface area (TPSA) is 104 Å². The number of para-hydroxylation sites is 2. The fourth-order valence-corrected chi connectivity index (χ4v) is 5.22. The van der Waals surface area contributed by atoms with Crippen molar-refractivity contribution in [1.29, 1.82) is 0 Å². The minimum atomic E-state index is -3.95. The Balaban J connectivity index is 1.41. The van der Waals surface area contributed by atoms with Gasteiger partial charge in [0.25, 0.3) is 0 Å². The number of rotatable bonds is 5. The van der Waals surface area contributed by atoms with Crippen LogP contribution in [0.2, 0.25) is 0 Å². The van der Waals surface area contributed by atoms with Crippen LogP contribution in [0, 0.1) is 5.82 Å². The monoisotopic (exact) mass is 446 g/mol. The molecule has 2 N–H and O–H groups in total. The number of carbonyl (C=O) groups is 1. The van der Waals surface area contributed by atoms with Crippen molar-refractivity contribution in [2.24, 2.45) is 0 Å². The van der Waals surface area contributed by atoms with Gasteiger partial charge in [-0.3, -0.25) is 9.36 Å². The number of hydrogen-bond acceptors (Lipinski definition) is 4. The Morgan fingerprint density at radius 1 is 1.13 bits per heavy atom. The summed E-state index contributed by atoms with van der Waals surface area (Å²) >= 11 is 0. The normalized spacial score (nSPS) is 16.5. The lowest BCUT2D eigenvalue weighted by molar-refractivity contribution is -0.133. The van der Waals surface area contributed by atoms with E-state index in [0.717, 1.165) is 35.3 Å². The molecule has 0 radical (unpaired) electrons. The number of fused-ring (bicyclic) bond motifs is 1. The average molecular weight is 447 g/mol. The Morgan fingerprint density at radius 2 is 1.77 bits per heavy atom. The number of aromatic amines is 1. The van der Waals surface area contributed by atoms with Gasteiger partial charge in [-0.1, -0.05) is 12.1 Å². The summed E-state index contributed by atoms with van der Waals surface area (Å²) in [5, 5.41) is 0. The van der Waals surface area contributed by atoms with Crippen LogP contribution in [0.1, 0.15) is 25.8 Å². The number of hydrogen-bond donors (Lipinski definition) is 2. The molecule has 164 valence electrons. The molecule has 1 saturated heterocycles. The zero-order chi connectivity index (χ0) is 22.2. The summed E-state index contributed by atoms with van der Waals surface area (Å²) in [6.45, 7) is 2.32. The molecule has 0 bridgehead atoms. The number of piperidine rings is 1. The number of sulfonamides is 1. The van der Waals surface area contributed by atoms with E-state index in [1.54, 1.807) is 9.47 Å². The highest BCUT2D eigenvalue weighted by molar-refractivity contribution is 7.89. The van der Waals surface area contributed by atoms with E-state index in [-0.39, 0.29) is 22.5 Å². The van der Waals surface area contributed by atoms with E-state index in [0.29, 0.717) is 25.9 Å². The van der Waals surface area contributed by atoms with Crippen LogP contribution in [0.3, 0.4) is 0 Å². The van der Waals surface area contributed by atoms with E-state index in [9.17, 15) is 22.4 Å². The second kappa shape index (κ2) is 8.27. The number of benzene rings is 2. The smallest absolute Gasteiger partial charge is 0.326 e. The van der Waals surface area contributed by atoms with E-state index in [1.807, 2.05) is 24.3 Å². The Hall–Kier alpha value is -2.98. The zero-order valence-corrected chi connectivity index (χ0v) is 17.7. The average Bonchev–Trinajstić information content (AvgIpc) is 3.09. The number of aromatic nitrogens is 2. The molecule has 1 aliphatic rings. The number of H-pyrrole nitrogens is 1. The standard InChI is InChI=1S/C21H23FN4O4S/c1-14(24-31(29,30)17-8-6-15(22)7-9-17)20(27)25-12-10-16(11-13-25)26-19-5-3-2-4-18(19)23-21(26)28/h2-9,14,16,24H,10-13H2,1H3,(H,23,28)/t14-/m1/s1. The van der Waals surface area contributed by atoms with Crippen LogP contribution in [0.4, 0.5) is 4.39 Å². The van der Waals surface area contributed by atoms with Gasteiger partial charge in [-0.05, 0) is 56.2 Å². The third-order valence-electron chi connectivity index (χ3n) is 5.59. The Labute approximate surface area is 178 Å². The Bertz CT molecular complexity index is 1260. The van der Waals surface area contributed by atoms with Gasteiger partial charge in [-0.2, -0.15) is 4.72 Å². The molecule has 31 heavy (non-hydrogen) atoms. The molecule has 8 nitrogen and oxygen atoms in total. The van der Waals surface area contributed by atoms with E-state index in [1.165, 1.54) is 6.92 Å². The van der Waals surface area contributed by atoms with Crippen molar-refractivity contribution in [1.82, 2.24) is 19.2 Å². The molecular formula is C21H23FN4O4S. The van der Waals surface area contributed by atoms with Crippen LogP contribution in [-0.2, 0) is 14.8 Å². The molecule has 0 spiro atoms. The van der Waals surface area contributed by atoms with Crippen molar-refractivity contribution in [3.05, 3.63) is 64.8 Å². The summed E-state index contributed by atoms with van der Waals surface area (Å²) in [5.41, 5.74) is 1.43. The van der Waals surface area contributed by atoms with E-state index in [4.69, 9.17) is 0 Å². The maximum Gasteiger partial charge on any atom is 0.326 e. The van der Waals surface area contributed by atoms with Crippen molar-refractivity contribution >= 4 is 27.0 Å². The highest BCUT2D eigenvalue weighted by Gasteiger charge is 2.30. The second-order valence-electron chi connectivity index (χ2n) is 7.67. The number of nitrogens with zero attached hydrogens (tertiary/aromatic N) is 2. The van der Waals surface area contributed by atoms with Gasteiger partial charge in [-0.25, -0.2) is 17.6 Å². The number of carbonyl (C=O) groups excluding carboxylic acids is 1. The molecular weight excluding hydrogens is 423 g/mol. The summed E-state index contributed by atoms with van der Waals surface area (Å²) in [4.78, 5) is 29.5. The summed E-state index contributed by atoms with van der Waals surface area (Å²) in [6, 6.07) is 10.9. The molecule has 1 amide bonds. The number of amides is 1.